The van der Waals surface area contributed by atoms with Crippen molar-refractivity contribution in [3.05, 3.63) is 75.2 Å². The molecule has 0 amide bonds. The second-order valence-electron chi connectivity index (χ2n) is 3.85. The van der Waals surface area contributed by atoms with Gasteiger partial charge < -0.3 is 0 Å². The van der Waals surface area contributed by atoms with Crippen LogP contribution in [0.4, 0.5) is 11.4 Å². The van der Waals surface area contributed by atoms with Crippen molar-refractivity contribution >= 4 is 11.4 Å². The van der Waals surface area contributed by atoms with Crippen molar-refractivity contribution in [3.63, 3.8) is 0 Å². The van der Waals surface area contributed by atoms with Gasteiger partial charge in [0.2, 0.25) is 0 Å². The largest absolute Gasteiger partial charge is 0.287 e. The smallest absolute Gasteiger partial charge is 0.258 e. The lowest BCUT2D eigenvalue weighted by Gasteiger charge is -2.06. The molecule has 1 radical (unpaired) electrons. The molecular weight excluding hydrogens is 248 g/mol. The van der Waals surface area contributed by atoms with Gasteiger partial charge in [-0.15, -0.1) is 0 Å². The molecule has 0 aliphatic carbocycles. The highest BCUT2D eigenvalue weighted by Gasteiger charge is 2.28. The maximum Gasteiger partial charge on any atom is 0.287 e. The van der Waals surface area contributed by atoms with E-state index in [2.05, 4.69) is 6.92 Å². The van der Waals surface area contributed by atoms with Crippen molar-refractivity contribution in [1.82, 2.24) is 0 Å². The zero-order valence-electron chi connectivity index (χ0n) is 9.78. The van der Waals surface area contributed by atoms with Gasteiger partial charge in [-0.1, -0.05) is 30.3 Å². The molecule has 0 heterocycles. The van der Waals surface area contributed by atoms with Gasteiger partial charge in [0.25, 0.3) is 11.4 Å². The standard InChI is InChI=1S/C13H9N2O4/c1-9-7-8-11(14(16)17)12(13(9)15(18)19)10-5-3-2-4-6-10/h2-8H,1H2. The Bertz CT molecular complexity index is 653. The molecule has 19 heavy (non-hydrogen) atoms. The van der Waals surface area contributed by atoms with Crippen LogP contribution in [0.15, 0.2) is 42.5 Å². The molecular formula is C13H9N2O4. The van der Waals surface area contributed by atoms with Gasteiger partial charge in [-0.25, -0.2) is 0 Å². The molecule has 0 unspecified atom stereocenters. The Hall–Kier alpha value is -2.76. The highest BCUT2D eigenvalue weighted by molar-refractivity contribution is 5.84. The lowest BCUT2D eigenvalue weighted by molar-refractivity contribution is -0.392. The van der Waals surface area contributed by atoms with Crippen LogP contribution in [0.25, 0.3) is 11.1 Å². The van der Waals surface area contributed by atoms with Crippen LogP contribution in [0.3, 0.4) is 0 Å². The second-order valence-corrected chi connectivity index (χ2v) is 3.85. The van der Waals surface area contributed by atoms with E-state index in [1.807, 2.05) is 0 Å². The van der Waals surface area contributed by atoms with E-state index in [1.54, 1.807) is 30.3 Å². The average molecular weight is 257 g/mol. The van der Waals surface area contributed by atoms with Gasteiger partial charge in [-0.3, -0.25) is 20.2 Å². The zero-order valence-corrected chi connectivity index (χ0v) is 9.78. The minimum absolute atomic E-state index is 0.0110. The molecule has 0 aliphatic heterocycles. The molecule has 0 N–H and O–H groups in total. The van der Waals surface area contributed by atoms with Crippen LogP contribution < -0.4 is 0 Å². The number of benzene rings is 2. The van der Waals surface area contributed by atoms with Crippen molar-refractivity contribution in [3.8, 4) is 11.1 Å². The Balaban J connectivity index is 2.85. The monoisotopic (exact) mass is 257 g/mol. The van der Waals surface area contributed by atoms with Crippen LogP contribution in [0.2, 0.25) is 0 Å². The first-order valence-electron chi connectivity index (χ1n) is 5.35. The number of hydrogen-bond donors (Lipinski definition) is 0. The fraction of sp³-hybridized carbons (Fsp3) is 0. The lowest BCUT2D eigenvalue weighted by atomic mass is 9.99. The first kappa shape index (κ1) is 12.7. The van der Waals surface area contributed by atoms with E-state index >= 15 is 0 Å². The molecule has 0 saturated heterocycles. The molecule has 2 aromatic rings. The predicted molar refractivity (Wildman–Crippen MR) is 69.6 cm³/mol. The Morgan fingerprint density at radius 2 is 1.53 bits per heavy atom. The summed E-state index contributed by atoms with van der Waals surface area (Å²) >= 11 is 0. The quantitative estimate of drug-likeness (QED) is 0.623. The van der Waals surface area contributed by atoms with E-state index in [1.165, 1.54) is 12.1 Å². The molecule has 0 spiro atoms. The van der Waals surface area contributed by atoms with Gasteiger partial charge in [0.1, 0.15) is 5.56 Å². The Kier molecular flexibility index (Phi) is 3.24. The number of nitrogens with zero attached hydrogens (tertiary/aromatic N) is 2. The van der Waals surface area contributed by atoms with Crippen molar-refractivity contribution in [2.75, 3.05) is 0 Å². The van der Waals surface area contributed by atoms with E-state index in [9.17, 15) is 20.2 Å². The number of nitro groups is 2. The van der Waals surface area contributed by atoms with E-state index < -0.39 is 9.85 Å². The summed E-state index contributed by atoms with van der Waals surface area (Å²) in [6, 6.07) is 10.8. The lowest BCUT2D eigenvalue weighted by Crippen LogP contribution is -2.00. The number of nitro benzene ring substituents is 2. The predicted octanol–water partition coefficient (Wildman–Crippen LogP) is 3.35. The van der Waals surface area contributed by atoms with E-state index in [4.69, 9.17) is 0 Å². The topological polar surface area (TPSA) is 86.3 Å². The maximum atomic E-state index is 11.1. The van der Waals surface area contributed by atoms with Crippen molar-refractivity contribution in [2.45, 2.75) is 0 Å². The molecule has 6 heteroatoms. The SMILES string of the molecule is [CH2]c1ccc([N+](=O)[O-])c(-c2ccccc2)c1[N+](=O)[O-]. The van der Waals surface area contributed by atoms with Crippen molar-refractivity contribution in [1.29, 1.82) is 0 Å². The molecule has 95 valence electrons. The third-order valence-corrected chi connectivity index (χ3v) is 2.68. The average Bonchev–Trinajstić information content (AvgIpc) is 2.38. The summed E-state index contributed by atoms with van der Waals surface area (Å²) < 4.78 is 0. The first-order valence-corrected chi connectivity index (χ1v) is 5.35. The van der Waals surface area contributed by atoms with Crippen LogP contribution >= 0.6 is 0 Å². The van der Waals surface area contributed by atoms with Crippen LogP contribution in [0.1, 0.15) is 5.56 Å². The molecule has 0 fully saturated rings. The summed E-state index contributed by atoms with van der Waals surface area (Å²) in [5.41, 5.74) is -0.0744. The zero-order chi connectivity index (χ0) is 14.0. The summed E-state index contributed by atoms with van der Waals surface area (Å²) in [4.78, 5) is 20.9. The summed E-state index contributed by atoms with van der Waals surface area (Å²) in [6.07, 6.45) is 0. The Labute approximate surface area is 108 Å². The van der Waals surface area contributed by atoms with E-state index in [0.717, 1.165) is 0 Å². The van der Waals surface area contributed by atoms with Gasteiger partial charge in [-0.05, 0) is 18.6 Å². The van der Waals surface area contributed by atoms with Gasteiger partial charge in [0.15, 0.2) is 0 Å². The summed E-state index contributed by atoms with van der Waals surface area (Å²) in [5.74, 6) is 0. The highest BCUT2D eigenvalue weighted by atomic mass is 16.6. The summed E-state index contributed by atoms with van der Waals surface area (Å²) in [5, 5.41) is 22.2. The molecule has 0 aromatic heterocycles. The molecule has 2 rings (SSSR count). The number of rotatable bonds is 3. The molecule has 0 atom stereocenters. The van der Waals surface area contributed by atoms with Gasteiger partial charge >= 0.3 is 0 Å². The maximum absolute atomic E-state index is 11.1. The fourth-order valence-electron chi connectivity index (χ4n) is 1.87. The summed E-state index contributed by atoms with van der Waals surface area (Å²) in [6.45, 7) is 3.56. The number of hydrogen-bond acceptors (Lipinski definition) is 4. The minimum Gasteiger partial charge on any atom is -0.258 e. The van der Waals surface area contributed by atoms with Crippen LogP contribution in [0.5, 0.6) is 0 Å². The van der Waals surface area contributed by atoms with Gasteiger partial charge in [-0.2, -0.15) is 0 Å². The minimum atomic E-state index is -0.641. The second kappa shape index (κ2) is 4.85. The van der Waals surface area contributed by atoms with Crippen molar-refractivity contribution in [2.24, 2.45) is 0 Å². The van der Waals surface area contributed by atoms with Gasteiger partial charge in [0, 0.05) is 11.6 Å². The Morgan fingerprint density at radius 3 is 2.05 bits per heavy atom. The van der Waals surface area contributed by atoms with Crippen LogP contribution in [-0.4, -0.2) is 9.85 Å². The first-order chi connectivity index (χ1) is 9.02. The summed E-state index contributed by atoms with van der Waals surface area (Å²) in [7, 11) is 0. The molecule has 2 aromatic carbocycles. The molecule has 0 aliphatic rings. The fourth-order valence-corrected chi connectivity index (χ4v) is 1.87. The van der Waals surface area contributed by atoms with Gasteiger partial charge in [0.05, 0.1) is 9.85 Å². The van der Waals surface area contributed by atoms with E-state index in [-0.39, 0.29) is 22.5 Å². The van der Waals surface area contributed by atoms with Crippen molar-refractivity contribution < 1.29 is 9.85 Å². The third-order valence-electron chi connectivity index (χ3n) is 2.68. The van der Waals surface area contributed by atoms with Crippen LogP contribution in [-0.2, 0) is 0 Å². The molecule has 0 bridgehead atoms. The highest BCUT2D eigenvalue weighted by Crippen LogP contribution is 2.39. The normalized spacial score (nSPS) is 10.2. The Morgan fingerprint density at radius 1 is 0.895 bits per heavy atom. The third kappa shape index (κ3) is 2.28. The molecule has 6 nitrogen and oxygen atoms in total. The van der Waals surface area contributed by atoms with E-state index in [0.29, 0.717) is 5.56 Å². The van der Waals surface area contributed by atoms with Crippen LogP contribution in [0, 0.1) is 27.2 Å². The molecule has 0 saturated carbocycles.